The van der Waals surface area contributed by atoms with Crippen LogP contribution in [0.5, 0.6) is 0 Å². The fourth-order valence-corrected chi connectivity index (χ4v) is 2.82. The van der Waals surface area contributed by atoms with Crippen LogP contribution in [0.2, 0.25) is 5.02 Å². The monoisotopic (exact) mass is 354 g/mol. The van der Waals surface area contributed by atoms with E-state index >= 15 is 0 Å². The van der Waals surface area contributed by atoms with Crippen molar-refractivity contribution in [3.63, 3.8) is 0 Å². The van der Waals surface area contributed by atoms with Gasteiger partial charge in [-0.2, -0.15) is 0 Å². The quantitative estimate of drug-likeness (QED) is 0.661. The van der Waals surface area contributed by atoms with Crippen molar-refractivity contribution in [3.05, 3.63) is 69.8 Å². The number of carbonyl (C=O) groups excluding carboxylic acids is 3. The molecule has 0 aliphatic carbocycles. The van der Waals surface area contributed by atoms with Crippen molar-refractivity contribution in [3.8, 4) is 0 Å². The van der Waals surface area contributed by atoms with E-state index in [4.69, 9.17) is 11.6 Å². The van der Waals surface area contributed by atoms with Crippen molar-refractivity contribution in [1.82, 2.24) is 5.32 Å². The molecule has 1 N–H and O–H groups in total. The zero-order chi connectivity index (χ0) is 18.1. The Hall–Kier alpha value is -2.92. The molecule has 1 fully saturated rings. The molecule has 0 atom stereocenters. The van der Waals surface area contributed by atoms with Gasteiger partial charge in [-0.05, 0) is 54.8 Å². The van der Waals surface area contributed by atoms with Crippen molar-refractivity contribution in [2.24, 2.45) is 0 Å². The van der Waals surface area contributed by atoms with Crippen molar-refractivity contribution in [1.29, 1.82) is 0 Å². The minimum atomic E-state index is -0.757. The molecule has 0 aromatic heterocycles. The minimum Gasteiger partial charge on any atom is -0.273 e. The first-order valence-corrected chi connectivity index (χ1v) is 7.99. The molecule has 25 heavy (non-hydrogen) atoms. The topological polar surface area (TPSA) is 66.5 Å². The Bertz CT molecular complexity index is 934. The van der Waals surface area contributed by atoms with E-state index in [2.05, 4.69) is 5.32 Å². The predicted octanol–water partition coefficient (Wildman–Crippen LogP) is 3.62. The summed E-state index contributed by atoms with van der Waals surface area (Å²) in [7, 11) is 0. The maximum Gasteiger partial charge on any atom is 0.335 e. The molecule has 0 spiro atoms. The molecule has 1 heterocycles. The molecular weight excluding hydrogens is 340 g/mol. The van der Waals surface area contributed by atoms with E-state index in [1.165, 1.54) is 6.08 Å². The molecule has 5 nitrogen and oxygen atoms in total. The minimum absolute atomic E-state index is 0.122. The van der Waals surface area contributed by atoms with Crippen LogP contribution in [0.3, 0.4) is 0 Å². The number of halogens is 1. The molecule has 1 saturated heterocycles. The van der Waals surface area contributed by atoms with Gasteiger partial charge in [0.25, 0.3) is 11.8 Å². The Morgan fingerprint density at radius 1 is 1.04 bits per heavy atom. The molecule has 0 bridgehead atoms. The molecule has 0 saturated carbocycles. The van der Waals surface area contributed by atoms with Crippen molar-refractivity contribution in [2.45, 2.75) is 13.8 Å². The average Bonchev–Trinajstić information content (AvgIpc) is 2.55. The Labute approximate surface area is 149 Å². The highest BCUT2D eigenvalue weighted by Crippen LogP contribution is 2.27. The SMILES string of the molecule is Cc1cccc(N2C(=O)NC(=O)/C(=C\c3cccc(Cl)c3)C2=O)c1C. The Morgan fingerprint density at radius 3 is 2.48 bits per heavy atom. The lowest BCUT2D eigenvalue weighted by atomic mass is 10.0. The fraction of sp³-hybridized carbons (Fsp3) is 0.105. The number of aryl methyl sites for hydroxylation is 1. The molecular formula is C19H15ClN2O3. The average molecular weight is 355 g/mol. The van der Waals surface area contributed by atoms with Crippen LogP contribution in [-0.4, -0.2) is 17.8 Å². The van der Waals surface area contributed by atoms with E-state index in [1.807, 2.05) is 19.9 Å². The van der Waals surface area contributed by atoms with Gasteiger partial charge >= 0.3 is 6.03 Å². The van der Waals surface area contributed by atoms with Gasteiger partial charge in [0.2, 0.25) is 0 Å². The summed E-state index contributed by atoms with van der Waals surface area (Å²) >= 11 is 5.94. The van der Waals surface area contributed by atoms with Crippen molar-refractivity contribution in [2.75, 3.05) is 4.90 Å². The molecule has 1 aliphatic rings. The van der Waals surface area contributed by atoms with Gasteiger partial charge in [-0.3, -0.25) is 14.9 Å². The lowest BCUT2D eigenvalue weighted by Crippen LogP contribution is -2.54. The third-order valence-corrected chi connectivity index (χ3v) is 4.31. The van der Waals surface area contributed by atoms with Gasteiger partial charge in [-0.1, -0.05) is 35.9 Å². The smallest absolute Gasteiger partial charge is 0.273 e. The van der Waals surface area contributed by atoms with E-state index in [-0.39, 0.29) is 5.57 Å². The van der Waals surface area contributed by atoms with Crippen molar-refractivity contribution < 1.29 is 14.4 Å². The molecule has 3 rings (SSSR count). The van der Waals surface area contributed by atoms with Gasteiger partial charge in [0, 0.05) is 5.02 Å². The Kier molecular flexibility index (Phi) is 4.42. The van der Waals surface area contributed by atoms with E-state index < -0.39 is 17.8 Å². The molecule has 2 aromatic carbocycles. The molecule has 0 radical (unpaired) electrons. The highest BCUT2D eigenvalue weighted by atomic mass is 35.5. The van der Waals surface area contributed by atoms with Crippen LogP contribution < -0.4 is 10.2 Å². The fourth-order valence-electron chi connectivity index (χ4n) is 2.62. The normalized spacial score (nSPS) is 16.4. The first kappa shape index (κ1) is 16.9. The number of barbiturate groups is 1. The number of nitrogens with one attached hydrogen (secondary N) is 1. The summed E-state index contributed by atoms with van der Waals surface area (Å²) in [4.78, 5) is 38.2. The van der Waals surface area contributed by atoms with Gasteiger partial charge in [0.15, 0.2) is 0 Å². The summed E-state index contributed by atoms with van der Waals surface area (Å²) in [6.45, 7) is 3.71. The summed E-state index contributed by atoms with van der Waals surface area (Å²) in [5.74, 6) is -1.39. The Balaban J connectivity index is 2.07. The van der Waals surface area contributed by atoms with Gasteiger partial charge in [0.1, 0.15) is 5.57 Å². The van der Waals surface area contributed by atoms with Crippen LogP contribution in [-0.2, 0) is 9.59 Å². The number of hydrogen-bond donors (Lipinski definition) is 1. The zero-order valence-electron chi connectivity index (χ0n) is 13.7. The van der Waals surface area contributed by atoms with Gasteiger partial charge in [-0.25, -0.2) is 9.69 Å². The van der Waals surface area contributed by atoms with Crippen LogP contribution in [0.15, 0.2) is 48.0 Å². The van der Waals surface area contributed by atoms with Gasteiger partial charge in [-0.15, -0.1) is 0 Å². The third-order valence-electron chi connectivity index (χ3n) is 4.08. The molecule has 126 valence electrons. The second kappa shape index (κ2) is 6.53. The lowest BCUT2D eigenvalue weighted by Gasteiger charge is -2.28. The van der Waals surface area contributed by atoms with Crippen LogP contribution >= 0.6 is 11.6 Å². The van der Waals surface area contributed by atoms with E-state index in [1.54, 1.807) is 36.4 Å². The highest BCUT2D eigenvalue weighted by Gasteiger charge is 2.37. The van der Waals surface area contributed by atoms with E-state index in [9.17, 15) is 14.4 Å². The molecule has 6 heteroatoms. The zero-order valence-corrected chi connectivity index (χ0v) is 14.4. The molecule has 4 amide bonds. The number of hydrogen-bond acceptors (Lipinski definition) is 3. The van der Waals surface area contributed by atoms with E-state index in [0.29, 0.717) is 16.3 Å². The number of amides is 4. The summed E-state index contributed by atoms with van der Waals surface area (Å²) in [6, 6.07) is 11.3. The summed E-state index contributed by atoms with van der Waals surface area (Å²) < 4.78 is 0. The Morgan fingerprint density at radius 2 is 1.76 bits per heavy atom. The lowest BCUT2D eigenvalue weighted by molar-refractivity contribution is -0.122. The first-order valence-electron chi connectivity index (χ1n) is 7.61. The highest BCUT2D eigenvalue weighted by molar-refractivity contribution is 6.39. The number of rotatable bonds is 2. The number of benzene rings is 2. The maximum absolute atomic E-state index is 12.8. The van der Waals surface area contributed by atoms with Gasteiger partial charge < -0.3 is 0 Å². The maximum atomic E-state index is 12.8. The molecule has 0 unspecified atom stereocenters. The van der Waals surface area contributed by atoms with Gasteiger partial charge in [0.05, 0.1) is 5.69 Å². The molecule has 1 aliphatic heterocycles. The van der Waals surface area contributed by atoms with Crippen LogP contribution in [0.1, 0.15) is 16.7 Å². The number of imide groups is 2. The van der Waals surface area contributed by atoms with Crippen molar-refractivity contribution >= 4 is 41.2 Å². The molecule has 2 aromatic rings. The largest absolute Gasteiger partial charge is 0.335 e. The number of urea groups is 1. The summed E-state index contributed by atoms with van der Waals surface area (Å²) in [5.41, 5.74) is 2.66. The number of nitrogens with zero attached hydrogens (tertiary/aromatic N) is 1. The van der Waals surface area contributed by atoms with E-state index in [0.717, 1.165) is 16.0 Å². The van der Waals surface area contributed by atoms with Crippen LogP contribution in [0, 0.1) is 13.8 Å². The van der Waals surface area contributed by atoms with Crippen LogP contribution in [0.25, 0.3) is 6.08 Å². The summed E-state index contributed by atoms with van der Waals surface area (Å²) in [6.07, 6.45) is 1.42. The second-order valence-electron chi connectivity index (χ2n) is 5.73. The standard InChI is InChI=1S/C19H15ClN2O3/c1-11-5-3-8-16(12(11)2)22-18(24)15(17(23)21-19(22)25)10-13-6-4-7-14(20)9-13/h3-10H,1-2H3,(H,21,23,25)/b15-10+. The second-order valence-corrected chi connectivity index (χ2v) is 6.17. The number of anilines is 1. The number of carbonyl (C=O) groups is 3. The van der Waals surface area contributed by atoms with Crippen LogP contribution in [0.4, 0.5) is 10.5 Å². The first-order chi connectivity index (χ1) is 11.9. The predicted molar refractivity (Wildman–Crippen MR) is 96.4 cm³/mol. The summed E-state index contributed by atoms with van der Waals surface area (Å²) in [5, 5.41) is 2.70. The third kappa shape index (κ3) is 3.19.